The normalized spacial score (nSPS) is 10.9. The van der Waals surface area contributed by atoms with Crippen LogP contribution in [0.25, 0.3) is 6.08 Å². The Labute approximate surface area is 89.3 Å². The summed E-state index contributed by atoms with van der Waals surface area (Å²) in [7, 11) is 1.60. The summed E-state index contributed by atoms with van der Waals surface area (Å²) in [5, 5.41) is 0.636. The molecule has 0 aliphatic heterocycles. The van der Waals surface area contributed by atoms with Gasteiger partial charge in [0.2, 0.25) is 0 Å². The molecule has 14 heavy (non-hydrogen) atoms. The molecule has 0 radical (unpaired) electrons. The van der Waals surface area contributed by atoms with E-state index in [2.05, 4.69) is 0 Å². The SMILES string of the molecule is COc1ccc(C)c(/C=C/CN)c1Cl. The summed E-state index contributed by atoms with van der Waals surface area (Å²) < 4.78 is 5.12. The van der Waals surface area contributed by atoms with Crippen LogP contribution in [0.3, 0.4) is 0 Å². The summed E-state index contributed by atoms with van der Waals surface area (Å²) >= 11 is 6.13. The monoisotopic (exact) mass is 211 g/mol. The standard InChI is InChI=1S/C11H14ClNO/c1-8-5-6-10(14-2)11(12)9(8)4-3-7-13/h3-6H,7,13H2,1-2H3/b4-3+. The van der Waals surface area contributed by atoms with E-state index in [0.717, 1.165) is 11.1 Å². The number of ether oxygens (including phenoxy) is 1. The first-order valence-corrected chi connectivity index (χ1v) is 4.78. The van der Waals surface area contributed by atoms with Crippen molar-refractivity contribution in [3.05, 3.63) is 34.4 Å². The van der Waals surface area contributed by atoms with E-state index in [-0.39, 0.29) is 0 Å². The van der Waals surface area contributed by atoms with Gasteiger partial charge in [0.15, 0.2) is 0 Å². The average Bonchev–Trinajstić information content (AvgIpc) is 2.18. The Morgan fingerprint density at radius 3 is 2.79 bits per heavy atom. The van der Waals surface area contributed by atoms with Crippen molar-refractivity contribution in [2.45, 2.75) is 6.92 Å². The molecule has 0 unspecified atom stereocenters. The van der Waals surface area contributed by atoms with Crippen molar-refractivity contribution in [2.24, 2.45) is 5.73 Å². The van der Waals surface area contributed by atoms with E-state index < -0.39 is 0 Å². The van der Waals surface area contributed by atoms with Gasteiger partial charge < -0.3 is 10.5 Å². The molecule has 76 valence electrons. The van der Waals surface area contributed by atoms with Crippen molar-refractivity contribution in [3.63, 3.8) is 0 Å². The summed E-state index contributed by atoms with van der Waals surface area (Å²) in [6.07, 6.45) is 3.79. The molecule has 1 aromatic carbocycles. The average molecular weight is 212 g/mol. The summed E-state index contributed by atoms with van der Waals surface area (Å²) in [5.41, 5.74) is 7.47. The molecule has 0 aromatic heterocycles. The first-order chi connectivity index (χ1) is 6.70. The molecule has 0 bridgehead atoms. The third-order valence-corrected chi connectivity index (χ3v) is 2.39. The third kappa shape index (κ3) is 2.28. The van der Waals surface area contributed by atoms with Crippen LogP contribution < -0.4 is 10.5 Å². The minimum atomic E-state index is 0.507. The topological polar surface area (TPSA) is 35.2 Å². The van der Waals surface area contributed by atoms with Crippen LogP contribution >= 0.6 is 11.6 Å². The fourth-order valence-corrected chi connectivity index (χ4v) is 1.57. The van der Waals surface area contributed by atoms with Crippen LogP contribution in [0.2, 0.25) is 5.02 Å². The summed E-state index contributed by atoms with van der Waals surface area (Å²) in [5.74, 6) is 0.689. The molecule has 1 rings (SSSR count). The molecule has 0 heterocycles. The van der Waals surface area contributed by atoms with Gasteiger partial charge in [-0.25, -0.2) is 0 Å². The molecule has 0 spiro atoms. The number of aryl methyl sites for hydroxylation is 1. The number of hydrogen-bond acceptors (Lipinski definition) is 2. The summed E-state index contributed by atoms with van der Waals surface area (Å²) in [6.45, 7) is 2.51. The molecular weight excluding hydrogens is 198 g/mol. The molecule has 3 heteroatoms. The zero-order valence-electron chi connectivity index (χ0n) is 8.38. The molecule has 0 atom stereocenters. The van der Waals surface area contributed by atoms with E-state index in [0.29, 0.717) is 17.3 Å². The molecule has 1 aromatic rings. The van der Waals surface area contributed by atoms with Crippen molar-refractivity contribution < 1.29 is 4.74 Å². The molecule has 0 fully saturated rings. The second-order valence-electron chi connectivity index (χ2n) is 2.95. The highest BCUT2D eigenvalue weighted by molar-refractivity contribution is 6.33. The van der Waals surface area contributed by atoms with Crippen molar-refractivity contribution in [3.8, 4) is 5.75 Å². The highest BCUT2D eigenvalue weighted by Gasteiger charge is 2.06. The van der Waals surface area contributed by atoms with E-state index in [4.69, 9.17) is 22.1 Å². The van der Waals surface area contributed by atoms with Crippen molar-refractivity contribution in [2.75, 3.05) is 13.7 Å². The van der Waals surface area contributed by atoms with Gasteiger partial charge in [-0.05, 0) is 24.1 Å². The van der Waals surface area contributed by atoms with Gasteiger partial charge in [-0.3, -0.25) is 0 Å². The van der Waals surface area contributed by atoms with Gasteiger partial charge in [-0.15, -0.1) is 0 Å². The lowest BCUT2D eigenvalue weighted by Gasteiger charge is -2.08. The number of rotatable bonds is 3. The summed E-state index contributed by atoms with van der Waals surface area (Å²) in [4.78, 5) is 0. The number of benzene rings is 1. The van der Waals surface area contributed by atoms with E-state index in [1.165, 1.54) is 0 Å². The van der Waals surface area contributed by atoms with Crippen LogP contribution in [0.4, 0.5) is 0 Å². The largest absolute Gasteiger partial charge is 0.495 e. The summed E-state index contributed by atoms with van der Waals surface area (Å²) in [6, 6.07) is 3.83. The van der Waals surface area contributed by atoms with Gasteiger partial charge in [0.25, 0.3) is 0 Å². The van der Waals surface area contributed by atoms with Crippen molar-refractivity contribution in [1.82, 2.24) is 0 Å². The van der Waals surface area contributed by atoms with Gasteiger partial charge >= 0.3 is 0 Å². The quantitative estimate of drug-likeness (QED) is 0.834. The first kappa shape index (κ1) is 11.1. The Bertz CT molecular complexity index is 347. The lowest BCUT2D eigenvalue weighted by molar-refractivity contribution is 0.415. The van der Waals surface area contributed by atoms with Crippen LogP contribution in [-0.2, 0) is 0 Å². The smallest absolute Gasteiger partial charge is 0.138 e. The minimum Gasteiger partial charge on any atom is -0.495 e. The molecule has 0 amide bonds. The van der Waals surface area contributed by atoms with E-state index in [1.807, 2.05) is 31.2 Å². The molecule has 0 aliphatic carbocycles. The van der Waals surface area contributed by atoms with Crippen LogP contribution in [0, 0.1) is 6.92 Å². The predicted octanol–water partition coefficient (Wildman–Crippen LogP) is 2.63. The predicted molar refractivity (Wildman–Crippen MR) is 60.8 cm³/mol. The molecule has 0 saturated carbocycles. The molecule has 2 nitrogen and oxygen atoms in total. The number of methoxy groups -OCH3 is 1. The fraction of sp³-hybridized carbons (Fsp3) is 0.273. The van der Waals surface area contributed by atoms with Crippen molar-refractivity contribution >= 4 is 17.7 Å². The Morgan fingerprint density at radius 2 is 2.21 bits per heavy atom. The van der Waals surface area contributed by atoms with Crippen LogP contribution in [-0.4, -0.2) is 13.7 Å². The maximum Gasteiger partial charge on any atom is 0.138 e. The number of nitrogens with two attached hydrogens (primary N) is 1. The van der Waals surface area contributed by atoms with Gasteiger partial charge in [-0.1, -0.05) is 29.8 Å². The Balaban J connectivity index is 3.18. The van der Waals surface area contributed by atoms with E-state index in [9.17, 15) is 0 Å². The molecular formula is C11H14ClNO. The second kappa shape index (κ2) is 5.03. The zero-order valence-corrected chi connectivity index (χ0v) is 9.14. The van der Waals surface area contributed by atoms with E-state index in [1.54, 1.807) is 7.11 Å². The van der Waals surface area contributed by atoms with Gasteiger partial charge in [0.1, 0.15) is 5.75 Å². The van der Waals surface area contributed by atoms with Crippen LogP contribution in [0.1, 0.15) is 11.1 Å². The molecule has 2 N–H and O–H groups in total. The Hall–Kier alpha value is -0.990. The van der Waals surface area contributed by atoms with Gasteiger partial charge in [-0.2, -0.15) is 0 Å². The molecule has 0 saturated heterocycles. The van der Waals surface area contributed by atoms with Gasteiger partial charge in [0.05, 0.1) is 12.1 Å². The third-order valence-electron chi connectivity index (χ3n) is 2.00. The second-order valence-corrected chi connectivity index (χ2v) is 3.33. The fourth-order valence-electron chi connectivity index (χ4n) is 1.22. The highest BCUT2D eigenvalue weighted by Crippen LogP contribution is 2.31. The number of halogens is 1. The number of hydrogen-bond donors (Lipinski definition) is 1. The lowest BCUT2D eigenvalue weighted by Crippen LogP contribution is -1.93. The Morgan fingerprint density at radius 1 is 1.50 bits per heavy atom. The minimum absolute atomic E-state index is 0.507. The first-order valence-electron chi connectivity index (χ1n) is 4.40. The van der Waals surface area contributed by atoms with Crippen LogP contribution in [0.15, 0.2) is 18.2 Å². The van der Waals surface area contributed by atoms with Gasteiger partial charge in [0, 0.05) is 6.54 Å². The highest BCUT2D eigenvalue weighted by atomic mass is 35.5. The van der Waals surface area contributed by atoms with Crippen LogP contribution in [0.5, 0.6) is 5.75 Å². The van der Waals surface area contributed by atoms with E-state index >= 15 is 0 Å². The molecule has 0 aliphatic rings. The zero-order chi connectivity index (χ0) is 10.6. The lowest BCUT2D eigenvalue weighted by atomic mass is 10.1. The Kier molecular flexibility index (Phi) is 3.98. The maximum atomic E-state index is 6.13. The maximum absolute atomic E-state index is 6.13. The van der Waals surface area contributed by atoms with Crippen molar-refractivity contribution in [1.29, 1.82) is 0 Å².